The maximum absolute atomic E-state index is 13.7. The highest BCUT2D eigenvalue weighted by Crippen LogP contribution is 2.16. The van der Waals surface area contributed by atoms with Gasteiger partial charge in [0.1, 0.15) is 5.82 Å². The van der Waals surface area contributed by atoms with E-state index in [0.717, 1.165) is 24.3 Å². The molecule has 0 fully saturated rings. The van der Waals surface area contributed by atoms with Crippen molar-refractivity contribution >= 4 is 11.6 Å². The van der Waals surface area contributed by atoms with Gasteiger partial charge >= 0.3 is 0 Å². The Morgan fingerprint density at radius 1 is 1.33 bits per heavy atom. The molecule has 0 aliphatic rings. The van der Waals surface area contributed by atoms with E-state index >= 15 is 0 Å². The lowest BCUT2D eigenvalue weighted by Gasteiger charge is -2.06. The third kappa shape index (κ3) is 4.55. The van der Waals surface area contributed by atoms with Crippen LogP contribution in [0.25, 0.3) is 0 Å². The number of nitrogens with one attached hydrogen (secondary N) is 1. The Hall–Kier alpha value is -1.39. The topological polar surface area (TPSA) is 29.9 Å². The number of hydrogen-bond acceptors (Lipinski definition) is 2. The van der Waals surface area contributed by atoms with Crippen LogP contribution in [0.2, 0.25) is 5.02 Å². The first-order valence-electron chi connectivity index (χ1n) is 7.13. The van der Waals surface area contributed by atoms with Crippen molar-refractivity contribution in [1.82, 2.24) is 15.1 Å². The van der Waals surface area contributed by atoms with E-state index in [2.05, 4.69) is 24.3 Å². The van der Waals surface area contributed by atoms with E-state index in [4.69, 9.17) is 11.6 Å². The van der Waals surface area contributed by atoms with Crippen molar-refractivity contribution < 1.29 is 4.39 Å². The van der Waals surface area contributed by atoms with E-state index in [0.29, 0.717) is 23.0 Å². The first-order valence-corrected chi connectivity index (χ1v) is 7.51. The van der Waals surface area contributed by atoms with Gasteiger partial charge in [-0.2, -0.15) is 5.10 Å². The predicted octanol–water partition coefficient (Wildman–Crippen LogP) is 3.78. The maximum atomic E-state index is 13.7. The van der Waals surface area contributed by atoms with E-state index in [1.165, 1.54) is 6.07 Å². The Labute approximate surface area is 130 Å². The van der Waals surface area contributed by atoms with Crippen LogP contribution in [0.4, 0.5) is 4.39 Å². The molecule has 2 aromatic rings. The fraction of sp³-hybridized carbons (Fsp3) is 0.438. The molecule has 114 valence electrons. The van der Waals surface area contributed by atoms with Crippen molar-refractivity contribution in [3.8, 4) is 0 Å². The molecule has 1 aromatic heterocycles. The zero-order chi connectivity index (χ0) is 15.4. The second kappa shape index (κ2) is 7.05. The summed E-state index contributed by atoms with van der Waals surface area (Å²) in [5.74, 6) is 0.355. The number of halogens is 2. The Morgan fingerprint density at radius 2 is 2.10 bits per heavy atom. The molecule has 0 aliphatic heterocycles. The van der Waals surface area contributed by atoms with Gasteiger partial charge in [0.15, 0.2) is 0 Å². The zero-order valence-corrected chi connectivity index (χ0v) is 13.4. The molecule has 0 radical (unpaired) electrons. The summed E-state index contributed by atoms with van der Waals surface area (Å²) in [7, 11) is 0. The summed E-state index contributed by atoms with van der Waals surface area (Å²) in [5.41, 5.74) is 2.65. The minimum atomic E-state index is -0.257. The first-order chi connectivity index (χ1) is 9.95. The molecular weight excluding hydrogens is 289 g/mol. The van der Waals surface area contributed by atoms with Gasteiger partial charge in [-0.15, -0.1) is 0 Å². The summed E-state index contributed by atoms with van der Waals surface area (Å²) >= 11 is 5.91. The average molecular weight is 310 g/mol. The van der Waals surface area contributed by atoms with Crippen LogP contribution in [0.1, 0.15) is 30.7 Å². The molecular formula is C16H21ClFN3. The molecule has 0 amide bonds. The van der Waals surface area contributed by atoms with Crippen LogP contribution in [0.15, 0.2) is 24.4 Å². The van der Waals surface area contributed by atoms with Gasteiger partial charge in [0.25, 0.3) is 0 Å². The Bertz CT molecular complexity index is 608. The normalized spacial score (nSPS) is 11.3. The van der Waals surface area contributed by atoms with Crippen LogP contribution in [0.5, 0.6) is 0 Å². The van der Waals surface area contributed by atoms with Gasteiger partial charge < -0.3 is 5.32 Å². The fourth-order valence-corrected chi connectivity index (χ4v) is 2.34. The van der Waals surface area contributed by atoms with E-state index < -0.39 is 0 Å². The predicted molar refractivity (Wildman–Crippen MR) is 84.0 cm³/mol. The Kier molecular flexibility index (Phi) is 5.37. The van der Waals surface area contributed by atoms with E-state index in [-0.39, 0.29) is 5.82 Å². The summed E-state index contributed by atoms with van der Waals surface area (Å²) in [6.45, 7) is 8.45. The zero-order valence-electron chi connectivity index (χ0n) is 12.7. The van der Waals surface area contributed by atoms with E-state index in [1.54, 1.807) is 16.8 Å². The van der Waals surface area contributed by atoms with Crippen molar-refractivity contribution in [2.75, 3.05) is 6.54 Å². The summed E-state index contributed by atoms with van der Waals surface area (Å²) < 4.78 is 15.5. The second-order valence-corrected chi connectivity index (χ2v) is 6.13. The molecule has 1 heterocycles. The number of nitrogens with zero attached hydrogens (tertiary/aromatic N) is 2. The highest BCUT2D eigenvalue weighted by Gasteiger charge is 2.08. The highest BCUT2D eigenvalue weighted by molar-refractivity contribution is 6.30. The van der Waals surface area contributed by atoms with Crippen molar-refractivity contribution in [3.05, 3.63) is 52.1 Å². The number of aromatic nitrogens is 2. The SMILES string of the molecule is Cc1nn(Cc2cc(Cl)ccc2F)cc1CNCC(C)C. The van der Waals surface area contributed by atoms with Gasteiger partial charge in [-0.3, -0.25) is 4.68 Å². The molecule has 2 rings (SSSR count). The van der Waals surface area contributed by atoms with Gasteiger partial charge in [-0.25, -0.2) is 4.39 Å². The van der Waals surface area contributed by atoms with Crippen LogP contribution in [0, 0.1) is 18.7 Å². The molecule has 0 atom stereocenters. The molecule has 0 saturated heterocycles. The van der Waals surface area contributed by atoms with Crippen molar-refractivity contribution in [3.63, 3.8) is 0 Å². The van der Waals surface area contributed by atoms with Gasteiger partial charge in [0.2, 0.25) is 0 Å². The third-order valence-corrected chi connectivity index (χ3v) is 3.49. The average Bonchev–Trinajstić information content (AvgIpc) is 2.74. The summed E-state index contributed by atoms with van der Waals surface area (Å²) in [6.07, 6.45) is 1.96. The molecule has 5 heteroatoms. The second-order valence-electron chi connectivity index (χ2n) is 5.70. The largest absolute Gasteiger partial charge is 0.312 e. The van der Waals surface area contributed by atoms with Gasteiger partial charge in [-0.1, -0.05) is 25.4 Å². The first kappa shape index (κ1) is 16.0. The van der Waals surface area contributed by atoms with Gasteiger partial charge in [-0.05, 0) is 37.6 Å². The number of benzene rings is 1. The minimum Gasteiger partial charge on any atom is -0.312 e. The van der Waals surface area contributed by atoms with Crippen molar-refractivity contribution in [1.29, 1.82) is 0 Å². The minimum absolute atomic E-state index is 0.257. The van der Waals surface area contributed by atoms with Crippen LogP contribution >= 0.6 is 11.6 Å². The lowest BCUT2D eigenvalue weighted by atomic mass is 10.2. The van der Waals surface area contributed by atoms with Gasteiger partial charge in [0, 0.05) is 28.9 Å². The Balaban J connectivity index is 2.06. The quantitative estimate of drug-likeness (QED) is 0.880. The molecule has 1 N–H and O–H groups in total. The summed E-state index contributed by atoms with van der Waals surface area (Å²) in [4.78, 5) is 0. The monoisotopic (exact) mass is 309 g/mol. The molecule has 21 heavy (non-hydrogen) atoms. The van der Waals surface area contributed by atoms with Crippen molar-refractivity contribution in [2.24, 2.45) is 5.92 Å². The molecule has 0 bridgehead atoms. The maximum Gasteiger partial charge on any atom is 0.128 e. The highest BCUT2D eigenvalue weighted by atomic mass is 35.5. The number of hydrogen-bond donors (Lipinski definition) is 1. The van der Waals surface area contributed by atoms with Crippen LogP contribution < -0.4 is 5.32 Å². The number of rotatable bonds is 6. The lowest BCUT2D eigenvalue weighted by Crippen LogP contribution is -2.19. The molecule has 0 saturated carbocycles. The standard InChI is InChI=1S/C16H21ClFN3/c1-11(2)7-19-8-14-10-21(20-12(14)3)9-13-6-15(17)4-5-16(13)18/h4-6,10-11,19H,7-9H2,1-3H3. The smallest absolute Gasteiger partial charge is 0.128 e. The molecule has 0 spiro atoms. The molecule has 0 unspecified atom stereocenters. The van der Waals surface area contributed by atoms with Crippen molar-refractivity contribution in [2.45, 2.75) is 33.9 Å². The van der Waals surface area contributed by atoms with Crippen LogP contribution in [-0.2, 0) is 13.1 Å². The third-order valence-electron chi connectivity index (χ3n) is 3.26. The summed E-state index contributed by atoms with van der Waals surface area (Å²) in [6, 6.07) is 4.58. The molecule has 3 nitrogen and oxygen atoms in total. The Morgan fingerprint density at radius 3 is 2.81 bits per heavy atom. The molecule has 0 aliphatic carbocycles. The van der Waals surface area contributed by atoms with E-state index in [1.807, 2.05) is 13.1 Å². The molecule has 1 aromatic carbocycles. The van der Waals surface area contributed by atoms with Gasteiger partial charge in [0.05, 0.1) is 12.2 Å². The summed E-state index contributed by atoms with van der Waals surface area (Å²) in [5, 5.41) is 8.37. The van der Waals surface area contributed by atoms with E-state index in [9.17, 15) is 4.39 Å². The van der Waals surface area contributed by atoms with Crippen LogP contribution in [0.3, 0.4) is 0 Å². The fourth-order valence-electron chi connectivity index (χ4n) is 2.15. The van der Waals surface area contributed by atoms with Crippen LogP contribution in [-0.4, -0.2) is 16.3 Å². The lowest BCUT2D eigenvalue weighted by molar-refractivity contribution is 0.551. The number of aryl methyl sites for hydroxylation is 1.